The van der Waals surface area contributed by atoms with Crippen molar-refractivity contribution in [3.63, 3.8) is 0 Å². The number of amides is 1. The van der Waals surface area contributed by atoms with Crippen molar-refractivity contribution in [2.75, 3.05) is 13.1 Å². The van der Waals surface area contributed by atoms with Crippen LogP contribution in [0.15, 0.2) is 0 Å². The Balaban J connectivity index is 1.72. The Kier molecular flexibility index (Phi) is 4.84. The van der Waals surface area contributed by atoms with E-state index in [1.54, 1.807) is 0 Å². The van der Waals surface area contributed by atoms with Crippen LogP contribution in [0.25, 0.3) is 0 Å². The van der Waals surface area contributed by atoms with Crippen LogP contribution in [0.1, 0.15) is 51.4 Å². The summed E-state index contributed by atoms with van der Waals surface area (Å²) in [6, 6.07) is 0. The third-order valence-electron chi connectivity index (χ3n) is 4.59. The first kappa shape index (κ1) is 12.9. The molecule has 3 nitrogen and oxygen atoms in total. The highest BCUT2D eigenvalue weighted by atomic mass is 16.1. The van der Waals surface area contributed by atoms with Crippen LogP contribution in [0, 0.1) is 17.8 Å². The molecule has 0 radical (unpaired) electrons. The molecule has 0 aliphatic heterocycles. The molecule has 2 rings (SSSR count). The molecule has 0 aromatic carbocycles. The van der Waals surface area contributed by atoms with Crippen LogP contribution in [0.5, 0.6) is 0 Å². The van der Waals surface area contributed by atoms with Crippen LogP contribution in [0.3, 0.4) is 0 Å². The van der Waals surface area contributed by atoms with Crippen molar-refractivity contribution in [1.82, 2.24) is 5.32 Å². The van der Waals surface area contributed by atoms with Crippen LogP contribution in [-0.4, -0.2) is 19.0 Å². The molecular formula is C14H26N2O. The van der Waals surface area contributed by atoms with E-state index in [1.807, 2.05) is 0 Å². The molecule has 0 heterocycles. The molecule has 2 aliphatic rings. The summed E-state index contributed by atoms with van der Waals surface area (Å²) in [5.74, 6) is 1.62. The first-order valence-corrected chi connectivity index (χ1v) is 7.29. The topological polar surface area (TPSA) is 55.1 Å². The zero-order chi connectivity index (χ0) is 12.1. The van der Waals surface area contributed by atoms with Gasteiger partial charge in [-0.15, -0.1) is 0 Å². The van der Waals surface area contributed by atoms with Gasteiger partial charge in [0.2, 0.25) is 5.91 Å². The maximum Gasteiger partial charge on any atom is 0.223 e. The van der Waals surface area contributed by atoms with Gasteiger partial charge in [0, 0.05) is 12.5 Å². The fourth-order valence-corrected chi connectivity index (χ4v) is 3.43. The van der Waals surface area contributed by atoms with Crippen LogP contribution in [0.4, 0.5) is 0 Å². The van der Waals surface area contributed by atoms with Crippen molar-refractivity contribution in [1.29, 1.82) is 0 Å². The standard InChI is InChI=1S/C14H26N2O/c15-9-12-7-4-8-13(12)14(17)16-10-11-5-2-1-3-6-11/h11-13H,1-10,15H2,(H,16,17)/t12-,13-/m1/s1. The predicted octanol–water partition coefficient (Wildman–Crippen LogP) is 2.06. The number of nitrogens with two attached hydrogens (primary N) is 1. The van der Waals surface area contributed by atoms with E-state index in [-0.39, 0.29) is 11.8 Å². The second-order valence-electron chi connectivity index (χ2n) is 5.78. The number of hydrogen-bond acceptors (Lipinski definition) is 2. The van der Waals surface area contributed by atoms with Gasteiger partial charge in [0.05, 0.1) is 0 Å². The first-order chi connectivity index (χ1) is 8.31. The van der Waals surface area contributed by atoms with Crippen molar-refractivity contribution >= 4 is 5.91 Å². The van der Waals surface area contributed by atoms with Gasteiger partial charge in [0.15, 0.2) is 0 Å². The van der Waals surface area contributed by atoms with Gasteiger partial charge in [-0.05, 0) is 44.1 Å². The molecule has 0 bridgehead atoms. The lowest BCUT2D eigenvalue weighted by molar-refractivity contribution is -0.126. The van der Waals surface area contributed by atoms with E-state index in [9.17, 15) is 4.79 Å². The number of carbonyl (C=O) groups is 1. The van der Waals surface area contributed by atoms with Crippen molar-refractivity contribution in [2.24, 2.45) is 23.5 Å². The molecule has 3 N–H and O–H groups in total. The molecule has 98 valence electrons. The lowest BCUT2D eigenvalue weighted by atomic mass is 9.89. The average Bonchev–Trinajstić information content (AvgIpc) is 2.85. The summed E-state index contributed by atoms with van der Waals surface area (Å²) < 4.78 is 0. The normalized spacial score (nSPS) is 30.4. The second kappa shape index (κ2) is 6.39. The molecule has 0 spiro atoms. The summed E-state index contributed by atoms with van der Waals surface area (Å²) >= 11 is 0. The zero-order valence-electron chi connectivity index (χ0n) is 10.8. The van der Waals surface area contributed by atoms with E-state index in [2.05, 4.69) is 5.32 Å². The third kappa shape index (κ3) is 3.44. The Morgan fingerprint density at radius 3 is 2.53 bits per heavy atom. The number of hydrogen-bond donors (Lipinski definition) is 2. The fraction of sp³-hybridized carbons (Fsp3) is 0.929. The molecule has 2 fully saturated rings. The summed E-state index contributed by atoms with van der Waals surface area (Å²) in [6.45, 7) is 1.56. The highest BCUT2D eigenvalue weighted by Gasteiger charge is 2.31. The van der Waals surface area contributed by atoms with E-state index < -0.39 is 0 Å². The molecule has 0 aromatic heterocycles. The Hall–Kier alpha value is -0.570. The van der Waals surface area contributed by atoms with Gasteiger partial charge in [-0.2, -0.15) is 0 Å². The molecule has 0 aromatic rings. The number of carbonyl (C=O) groups excluding carboxylic acids is 1. The lowest BCUT2D eigenvalue weighted by Crippen LogP contribution is -2.37. The molecule has 0 unspecified atom stereocenters. The third-order valence-corrected chi connectivity index (χ3v) is 4.59. The predicted molar refractivity (Wildman–Crippen MR) is 69.5 cm³/mol. The second-order valence-corrected chi connectivity index (χ2v) is 5.78. The minimum Gasteiger partial charge on any atom is -0.356 e. The molecule has 17 heavy (non-hydrogen) atoms. The summed E-state index contributed by atoms with van der Waals surface area (Å²) in [4.78, 5) is 12.1. The van der Waals surface area contributed by atoms with E-state index >= 15 is 0 Å². The van der Waals surface area contributed by atoms with Crippen LogP contribution in [-0.2, 0) is 4.79 Å². The van der Waals surface area contributed by atoms with Gasteiger partial charge >= 0.3 is 0 Å². The smallest absolute Gasteiger partial charge is 0.223 e. The summed E-state index contributed by atoms with van der Waals surface area (Å²) in [6.07, 6.45) is 10.0. The molecule has 2 atom stereocenters. The Morgan fingerprint density at radius 2 is 1.82 bits per heavy atom. The Morgan fingerprint density at radius 1 is 1.06 bits per heavy atom. The van der Waals surface area contributed by atoms with Gasteiger partial charge in [0.25, 0.3) is 0 Å². The summed E-state index contributed by atoms with van der Waals surface area (Å²) in [5, 5.41) is 3.16. The maximum atomic E-state index is 12.1. The molecular weight excluding hydrogens is 212 g/mol. The van der Waals surface area contributed by atoms with E-state index in [0.29, 0.717) is 12.5 Å². The quantitative estimate of drug-likeness (QED) is 0.787. The van der Waals surface area contributed by atoms with Gasteiger partial charge in [0.1, 0.15) is 0 Å². The fourth-order valence-electron chi connectivity index (χ4n) is 3.43. The molecule has 3 heteroatoms. The monoisotopic (exact) mass is 238 g/mol. The van der Waals surface area contributed by atoms with E-state index in [0.717, 1.165) is 25.3 Å². The first-order valence-electron chi connectivity index (χ1n) is 7.29. The van der Waals surface area contributed by atoms with Crippen molar-refractivity contribution in [2.45, 2.75) is 51.4 Å². The van der Waals surface area contributed by atoms with E-state index in [4.69, 9.17) is 5.73 Å². The van der Waals surface area contributed by atoms with Gasteiger partial charge in [-0.3, -0.25) is 4.79 Å². The van der Waals surface area contributed by atoms with Crippen LogP contribution < -0.4 is 11.1 Å². The number of rotatable bonds is 4. The summed E-state index contributed by atoms with van der Waals surface area (Å²) in [5.41, 5.74) is 5.72. The lowest BCUT2D eigenvalue weighted by Gasteiger charge is -2.23. The molecule has 0 saturated heterocycles. The number of nitrogens with one attached hydrogen (secondary N) is 1. The SMILES string of the molecule is NC[C@H]1CCC[C@H]1C(=O)NCC1CCCCC1. The van der Waals surface area contributed by atoms with Gasteiger partial charge < -0.3 is 11.1 Å². The van der Waals surface area contributed by atoms with Crippen molar-refractivity contribution < 1.29 is 4.79 Å². The zero-order valence-corrected chi connectivity index (χ0v) is 10.8. The Bertz CT molecular complexity index is 249. The van der Waals surface area contributed by atoms with Crippen LogP contribution >= 0.6 is 0 Å². The minimum absolute atomic E-state index is 0.198. The minimum atomic E-state index is 0.198. The van der Waals surface area contributed by atoms with Gasteiger partial charge in [-0.1, -0.05) is 25.7 Å². The summed E-state index contributed by atoms with van der Waals surface area (Å²) in [7, 11) is 0. The molecule has 1 amide bonds. The largest absolute Gasteiger partial charge is 0.356 e. The van der Waals surface area contributed by atoms with Crippen molar-refractivity contribution in [3.05, 3.63) is 0 Å². The highest BCUT2D eigenvalue weighted by Crippen LogP contribution is 2.31. The molecule has 2 aliphatic carbocycles. The van der Waals surface area contributed by atoms with Crippen molar-refractivity contribution in [3.8, 4) is 0 Å². The molecule has 2 saturated carbocycles. The maximum absolute atomic E-state index is 12.1. The highest BCUT2D eigenvalue weighted by molar-refractivity contribution is 5.79. The Labute approximate surface area is 105 Å². The van der Waals surface area contributed by atoms with Gasteiger partial charge in [-0.25, -0.2) is 0 Å². The van der Waals surface area contributed by atoms with E-state index in [1.165, 1.54) is 38.5 Å². The average molecular weight is 238 g/mol. The van der Waals surface area contributed by atoms with Crippen LogP contribution in [0.2, 0.25) is 0 Å².